The molecule has 0 unspecified atom stereocenters. The first-order chi connectivity index (χ1) is 19.0. The molecule has 0 aliphatic rings. The Bertz CT molecular complexity index is 946. The Morgan fingerprint density at radius 1 is 0.385 bits per heavy atom. The maximum Gasteiger partial charge on any atom is 0.119 e. The highest BCUT2D eigenvalue weighted by Gasteiger charge is 1.97. The van der Waals surface area contributed by atoms with E-state index in [4.69, 9.17) is 15.3 Å². The molecule has 3 N–H and O–H groups in total. The lowest BCUT2D eigenvalue weighted by molar-refractivity contribution is 0.450. The fourth-order valence-electron chi connectivity index (χ4n) is 2.79. The van der Waals surface area contributed by atoms with Gasteiger partial charge < -0.3 is 15.3 Å². The fourth-order valence-corrected chi connectivity index (χ4v) is 2.79. The lowest BCUT2D eigenvalue weighted by Crippen LogP contribution is -1.83. The van der Waals surface area contributed by atoms with Gasteiger partial charge in [-0.25, -0.2) is 0 Å². The number of aryl methyl sites for hydroxylation is 2. The van der Waals surface area contributed by atoms with E-state index in [1.165, 1.54) is 40.5 Å². The third-order valence-electron chi connectivity index (χ3n) is 4.64. The zero-order valence-corrected chi connectivity index (χ0v) is 26.1. The van der Waals surface area contributed by atoms with Crippen molar-refractivity contribution < 1.29 is 15.3 Å². The van der Waals surface area contributed by atoms with E-state index >= 15 is 0 Å². The highest BCUT2D eigenvalue weighted by molar-refractivity contribution is 5.63. The van der Waals surface area contributed by atoms with Crippen molar-refractivity contribution in [2.24, 2.45) is 0 Å². The molecule has 0 spiro atoms. The summed E-state index contributed by atoms with van der Waals surface area (Å²) in [6.45, 7) is 20.4. The van der Waals surface area contributed by atoms with Crippen LogP contribution in [-0.2, 0) is 12.8 Å². The first-order valence-corrected chi connectivity index (χ1v) is 14.4. The second-order valence-electron chi connectivity index (χ2n) is 6.96. The molecule has 0 aromatic heterocycles. The third-order valence-corrected chi connectivity index (χ3v) is 4.64. The molecule has 0 aliphatic heterocycles. The van der Waals surface area contributed by atoms with Crippen molar-refractivity contribution in [2.75, 3.05) is 0 Å². The highest BCUT2D eigenvalue weighted by atomic mass is 16.3. The Balaban J connectivity index is -0.000000477. The minimum atomic E-state index is 0.0880. The van der Waals surface area contributed by atoms with Crippen molar-refractivity contribution in [2.45, 2.75) is 82.1 Å². The largest absolute Gasteiger partial charge is 0.508 e. The van der Waals surface area contributed by atoms with Gasteiger partial charge in [-0.2, -0.15) is 0 Å². The molecule has 0 atom stereocenters. The van der Waals surface area contributed by atoms with Gasteiger partial charge in [0, 0.05) is 6.07 Å². The van der Waals surface area contributed by atoms with Gasteiger partial charge in [-0.15, -0.1) is 0 Å². The molecule has 3 heteroatoms. The van der Waals surface area contributed by atoms with Crippen LogP contribution >= 0.6 is 0 Å². The maximum absolute atomic E-state index is 8.65. The van der Waals surface area contributed by atoms with E-state index in [0.717, 1.165) is 12.8 Å². The molecule has 0 saturated heterocycles. The number of hydrogen-bond donors (Lipinski definition) is 3. The first-order valence-electron chi connectivity index (χ1n) is 14.4. The summed E-state index contributed by atoms with van der Waals surface area (Å²) in [5, 5.41) is 25.9. The first kappa shape index (κ1) is 39.8. The van der Waals surface area contributed by atoms with Crippen LogP contribution in [0.15, 0.2) is 103 Å². The van der Waals surface area contributed by atoms with Gasteiger partial charge in [-0.3, -0.25) is 0 Å². The summed E-state index contributed by atoms with van der Waals surface area (Å²) in [4.78, 5) is 0. The van der Waals surface area contributed by atoms with Gasteiger partial charge in [-0.1, -0.05) is 142 Å². The Morgan fingerprint density at radius 2 is 0.692 bits per heavy atom. The van der Waals surface area contributed by atoms with Gasteiger partial charge in [0.15, 0.2) is 0 Å². The summed E-state index contributed by atoms with van der Waals surface area (Å²) in [6, 6.07) is 32.2. The molecule has 0 bridgehead atoms. The lowest BCUT2D eigenvalue weighted by atomic mass is 10.0. The number of phenolic OH excluding ortho intramolecular Hbond substituents is 3. The molecule has 0 heterocycles. The van der Waals surface area contributed by atoms with Gasteiger partial charge in [0.1, 0.15) is 17.2 Å². The minimum absolute atomic E-state index is 0.0880. The van der Waals surface area contributed by atoms with Gasteiger partial charge in [0.25, 0.3) is 0 Å². The zero-order valence-electron chi connectivity index (χ0n) is 26.1. The molecule has 0 fully saturated rings. The van der Waals surface area contributed by atoms with E-state index in [0.29, 0.717) is 5.75 Å². The minimum Gasteiger partial charge on any atom is -0.508 e. The summed E-state index contributed by atoms with van der Waals surface area (Å²) in [6.07, 6.45) is 2.21. The summed E-state index contributed by atoms with van der Waals surface area (Å²) >= 11 is 0. The zero-order chi connectivity index (χ0) is 30.5. The molecule has 0 amide bonds. The normalized spacial score (nSPS) is 8.26. The molecular formula is C36H54O3. The fraction of sp³-hybridized carbons (Fsp3) is 0.333. The SMILES string of the molecule is CC.CC.CC.CC.CCc1ccc(-c2ccc(CC)cc2)cc1.Oc1cccc(O)c1.Oc1ccccc1. The molecule has 39 heavy (non-hydrogen) atoms. The van der Waals surface area contributed by atoms with Gasteiger partial charge in [0.2, 0.25) is 0 Å². The summed E-state index contributed by atoms with van der Waals surface area (Å²) in [7, 11) is 0. The lowest BCUT2D eigenvalue weighted by Gasteiger charge is -2.04. The highest BCUT2D eigenvalue weighted by Crippen LogP contribution is 2.20. The summed E-state index contributed by atoms with van der Waals surface area (Å²) < 4.78 is 0. The number of para-hydroxylation sites is 1. The number of benzene rings is 4. The van der Waals surface area contributed by atoms with Crippen LogP contribution in [0, 0.1) is 0 Å². The van der Waals surface area contributed by atoms with Crippen molar-refractivity contribution in [1.82, 2.24) is 0 Å². The second kappa shape index (κ2) is 28.8. The Kier molecular flexibility index (Phi) is 29.4. The van der Waals surface area contributed by atoms with Crippen molar-refractivity contribution in [1.29, 1.82) is 0 Å². The van der Waals surface area contributed by atoms with Crippen molar-refractivity contribution in [3.8, 4) is 28.4 Å². The molecular weight excluding hydrogens is 480 g/mol. The average Bonchev–Trinajstić information content (AvgIpc) is 3.02. The van der Waals surface area contributed by atoms with Crippen molar-refractivity contribution in [3.05, 3.63) is 114 Å². The van der Waals surface area contributed by atoms with Crippen LogP contribution in [0.25, 0.3) is 11.1 Å². The monoisotopic (exact) mass is 534 g/mol. The molecule has 4 rings (SSSR count). The molecule has 3 nitrogen and oxygen atoms in total. The van der Waals surface area contributed by atoms with E-state index in [9.17, 15) is 0 Å². The Morgan fingerprint density at radius 3 is 0.897 bits per heavy atom. The quantitative estimate of drug-likeness (QED) is 0.245. The number of aromatic hydroxyl groups is 3. The summed E-state index contributed by atoms with van der Waals surface area (Å²) in [5.41, 5.74) is 5.41. The number of phenols is 3. The van der Waals surface area contributed by atoms with Crippen LogP contribution in [0.3, 0.4) is 0 Å². The van der Waals surface area contributed by atoms with E-state index in [2.05, 4.69) is 62.4 Å². The standard InChI is InChI=1S/C16H18.C6H6O2.C6H6O.4C2H6/c1-3-13-5-9-15(10-6-13)16-11-7-14(4-2)8-12-16;7-5-2-1-3-6(8)4-5;7-6-4-2-1-3-5-6;4*1-2/h5-12H,3-4H2,1-2H3;1-4,7-8H;1-5,7H;4*1-2H3. The molecule has 4 aromatic carbocycles. The topological polar surface area (TPSA) is 60.7 Å². The van der Waals surface area contributed by atoms with Gasteiger partial charge >= 0.3 is 0 Å². The number of rotatable bonds is 3. The Hall–Kier alpha value is -3.72. The average molecular weight is 535 g/mol. The summed E-state index contributed by atoms with van der Waals surface area (Å²) in [5.74, 6) is 0.498. The maximum atomic E-state index is 8.65. The number of hydrogen-bond acceptors (Lipinski definition) is 3. The van der Waals surface area contributed by atoms with Crippen molar-refractivity contribution in [3.63, 3.8) is 0 Å². The van der Waals surface area contributed by atoms with E-state index in [1.54, 1.807) is 30.3 Å². The molecule has 0 radical (unpaired) electrons. The molecule has 0 aliphatic carbocycles. The molecule has 0 saturated carbocycles. The van der Waals surface area contributed by atoms with Crippen LogP contribution in [0.2, 0.25) is 0 Å². The van der Waals surface area contributed by atoms with Crippen molar-refractivity contribution >= 4 is 0 Å². The van der Waals surface area contributed by atoms with Crippen LogP contribution in [0.1, 0.15) is 80.4 Å². The van der Waals surface area contributed by atoms with Crippen LogP contribution in [-0.4, -0.2) is 15.3 Å². The van der Waals surface area contributed by atoms with E-state index in [-0.39, 0.29) is 11.5 Å². The second-order valence-corrected chi connectivity index (χ2v) is 6.96. The van der Waals surface area contributed by atoms with Gasteiger partial charge in [0.05, 0.1) is 0 Å². The van der Waals surface area contributed by atoms with E-state index in [1.807, 2.05) is 61.5 Å². The smallest absolute Gasteiger partial charge is 0.119 e. The van der Waals surface area contributed by atoms with Crippen LogP contribution in [0.4, 0.5) is 0 Å². The van der Waals surface area contributed by atoms with Gasteiger partial charge in [-0.05, 0) is 59.4 Å². The van der Waals surface area contributed by atoms with Crippen LogP contribution in [0.5, 0.6) is 17.2 Å². The predicted octanol–water partition coefficient (Wildman–Crippen LogP) is 11.1. The van der Waals surface area contributed by atoms with Crippen LogP contribution < -0.4 is 0 Å². The van der Waals surface area contributed by atoms with E-state index < -0.39 is 0 Å². The Labute approximate surface area is 239 Å². The predicted molar refractivity (Wildman–Crippen MR) is 174 cm³/mol. The molecule has 4 aromatic rings. The molecule has 216 valence electrons. The third kappa shape index (κ3) is 20.0.